The summed E-state index contributed by atoms with van der Waals surface area (Å²) in [6, 6.07) is 12.4. The molecule has 3 rings (SSSR count). The quantitative estimate of drug-likeness (QED) is 0.797. The first kappa shape index (κ1) is 18.1. The third-order valence-electron chi connectivity index (χ3n) is 4.08. The fourth-order valence-electron chi connectivity index (χ4n) is 2.68. The van der Waals surface area contributed by atoms with Gasteiger partial charge in [-0.1, -0.05) is 23.2 Å². The number of ether oxygens (including phenoxy) is 2. The zero-order chi connectivity index (χ0) is 17.8. The van der Waals surface area contributed by atoms with Crippen molar-refractivity contribution < 1.29 is 14.3 Å². The maximum atomic E-state index is 12.6. The summed E-state index contributed by atoms with van der Waals surface area (Å²) in [5.41, 5.74) is 1.59. The number of nitrogens with zero attached hydrogens (tertiary/aromatic N) is 1. The highest BCUT2D eigenvalue weighted by molar-refractivity contribution is 6.31. The van der Waals surface area contributed by atoms with Crippen LogP contribution in [0.3, 0.4) is 0 Å². The summed E-state index contributed by atoms with van der Waals surface area (Å²) in [6.07, 6.45) is -0.166. The van der Waals surface area contributed by atoms with Gasteiger partial charge in [0, 0.05) is 22.2 Å². The Labute approximate surface area is 157 Å². The van der Waals surface area contributed by atoms with Gasteiger partial charge in [0.05, 0.1) is 13.2 Å². The van der Waals surface area contributed by atoms with Crippen molar-refractivity contribution in [1.29, 1.82) is 0 Å². The van der Waals surface area contributed by atoms with E-state index in [1.54, 1.807) is 29.2 Å². The summed E-state index contributed by atoms with van der Waals surface area (Å²) in [5, 5.41) is 1.32. The van der Waals surface area contributed by atoms with Gasteiger partial charge in [-0.25, -0.2) is 0 Å². The van der Waals surface area contributed by atoms with Gasteiger partial charge in [0.2, 0.25) is 0 Å². The van der Waals surface area contributed by atoms with Crippen molar-refractivity contribution in [2.75, 3.05) is 26.3 Å². The molecule has 0 spiro atoms. The average molecular weight is 380 g/mol. The second-order valence-corrected chi connectivity index (χ2v) is 6.82. The van der Waals surface area contributed by atoms with Gasteiger partial charge in [0.25, 0.3) is 5.91 Å². The number of morpholine rings is 1. The van der Waals surface area contributed by atoms with E-state index in [0.717, 1.165) is 11.3 Å². The van der Waals surface area contributed by atoms with E-state index in [-0.39, 0.29) is 12.0 Å². The summed E-state index contributed by atoms with van der Waals surface area (Å²) in [5.74, 6) is 0.721. The highest BCUT2D eigenvalue weighted by Gasteiger charge is 2.25. The molecule has 0 aliphatic carbocycles. The van der Waals surface area contributed by atoms with Crippen molar-refractivity contribution in [3.05, 3.63) is 63.6 Å². The minimum Gasteiger partial charge on any atom is -0.491 e. The smallest absolute Gasteiger partial charge is 0.254 e. The van der Waals surface area contributed by atoms with E-state index in [1.165, 1.54) is 0 Å². The number of amides is 1. The predicted molar refractivity (Wildman–Crippen MR) is 98.8 cm³/mol. The summed E-state index contributed by atoms with van der Waals surface area (Å²) in [6.45, 7) is 3.86. The van der Waals surface area contributed by atoms with Crippen molar-refractivity contribution in [2.24, 2.45) is 0 Å². The van der Waals surface area contributed by atoms with Gasteiger partial charge >= 0.3 is 0 Å². The second kappa shape index (κ2) is 8.09. The molecule has 0 saturated carbocycles. The summed E-state index contributed by atoms with van der Waals surface area (Å²) in [7, 11) is 0. The third-order valence-corrected chi connectivity index (χ3v) is 4.76. The van der Waals surface area contributed by atoms with Crippen molar-refractivity contribution >= 4 is 29.1 Å². The first-order chi connectivity index (χ1) is 12.0. The van der Waals surface area contributed by atoms with Crippen molar-refractivity contribution in [3.8, 4) is 5.75 Å². The minimum absolute atomic E-state index is 0.0210. The van der Waals surface area contributed by atoms with E-state index < -0.39 is 0 Å². The monoisotopic (exact) mass is 379 g/mol. The molecule has 2 aromatic carbocycles. The maximum absolute atomic E-state index is 12.6. The van der Waals surface area contributed by atoms with Gasteiger partial charge < -0.3 is 14.4 Å². The predicted octanol–water partition coefficient (Wildman–Crippen LogP) is 4.22. The first-order valence-corrected chi connectivity index (χ1v) is 8.84. The van der Waals surface area contributed by atoms with Gasteiger partial charge in [0.15, 0.2) is 0 Å². The maximum Gasteiger partial charge on any atom is 0.254 e. The normalized spacial score (nSPS) is 17.4. The molecule has 25 heavy (non-hydrogen) atoms. The molecule has 0 aromatic heterocycles. The molecular formula is C19H19Cl2NO3. The van der Waals surface area contributed by atoms with Gasteiger partial charge in [-0.15, -0.1) is 0 Å². The lowest BCUT2D eigenvalue weighted by atomic mass is 10.1. The van der Waals surface area contributed by atoms with E-state index in [2.05, 4.69) is 0 Å². The first-order valence-electron chi connectivity index (χ1n) is 8.08. The lowest BCUT2D eigenvalue weighted by molar-refractivity contribution is -0.0401. The van der Waals surface area contributed by atoms with Crippen LogP contribution in [-0.2, 0) is 4.74 Å². The number of benzene rings is 2. The van der Waals surface area contributed by atoms with Crippen LogP contribution in [0.1, 0.15) is 15.9 Å². The third kappa shape index (κ3) is 4.66. The molecule has 1 amide bonds. The Morgan fingerprint density at radius 2 is 2.00 bits per heavy atom. The number of carbonyl (C=O) groups is 1. The zero-order valence-electron chi connectivity index (χ0n) is 13.9. The lowest BCUT2D eigenvalue weighted by Gasteiger charge is -2.33. The Hall–Kier alpha value is -1.75. The van der Waals surface area contributed by atoms with Gasteiger partial charge in [-0.2, -0.15) is 0 Å². The average Bonchev–Trinajstić information content (AvgIpc) is 2.63. The topological polar surface area (TPSA) is 38.8 Å². The fraction of sp³-hybridized carbons (Fsp3) is 0.316. The molecule has 0 unspecified atom stereocenters. The van der Waals surface area contributed by atoms with E-state index in [4.69, 9.17) is 32.7 Å². The highest BCUT2D eigenvalue weighted by Crippen LogP contribution is 2.22. The fourth-order valence-corrected chi connectivity index (χ4v) is 2.92. The van der Waals surface area contributed by atoms with Crippen LogP contribution in [0.2, 0.25) is 10.0 Å². The number of halogens is 2. The Balaban J connectivity index is 1.58. The summed E-state index contributed by atoms with van der Waals surface area (Å²) < 4.78 is 11.5. The summed E-state index contributed by atoms with van der Waals surface area (Å²) >= 11 is 11.9. The van der Waals surface area contributed by atoms with Crippen molar-refractivity contribution in [3.63, 3.8) is 0 Å². The van der Waals surface area contributed by atoms with Crippen LogP contribution in [0, 0.1) is 6.92 Å². The molecule has 1 fully saturated rings. The van der Waals surface area contributed by atoms with Crippen molar-refractivity contribution in [2.45, 2.75) is 13.0 Å². The molecule has 1 saturated heterocycles. The van der Waals surface area contributed by atoms with Crippen LogP contribution in [0.4, 0.5) is 0 Å². The number of rotatable bonds is 4. The Morgan fingerprint density at radius 1 is 1.24 bits per heavy atom. The van der Waals surface area contributed by atoms with E-state index in [0.29, 0.717) is 41.9 Å². The number of hydrogen-bond donors (Lipinski definition) is 0. The van der Waals surface area contributed by atoms with E-state index in [1.807, 2.05) is 25.1 Å². The molecule has 2 aromatic rings. The van der Waals surface area contributed by atoms with Crippen LogP contribution in [0.5, 0.6) is 5.75 Å². The molecular weight excluding hydrogens is 361 g/mol. The van der Waals surface area contributed by atoms with E-state index in [9.17, 15) is 4.79 Å². The Kier molecular flexibility index (Phi) is 5.84. The number of aryl methyl sites for hydroxylation is 1. The standard InChI is InChI=1S/C19H19Cl2NO3/c1-13-10-16(6-7-18(13)21)25-12-17-11-22(8-9-24-17)19(23)14-2-4-15(20)5-3-14/h2-7,10,17H,8-9,11-12H2,1H3/t17-/m0/s1. The molecule has 1 atom stereocenters. The van der Waals surface area contributed by atoms with Gasteiger partial charge in [-0.3, -0.25) is 4.79 Å². The molecule has 1 aliphatic heterocycles. The molecule has 4 nitrogen and oxygen atoms in total. The highest BCUT2D eigenvalue weighted by atomic mass is 35.5. The van der Waals surface area contributed by atoms with Crippen LogP contribution in [-0.4, -0.2) is 43.2 Å². The minimum atomic E-state index is -0.166. The largest absolute Gasteiger partial charge is 0.491 e. The molecule has 0 N–H and O–H groups in total. The van der Waals surface area contributed by atoms with Crippen LogP contribution < -0.4 is 4.74 Å². The molecule has 0 bridgehead atoms. The van der Waals surface area contributed by atoms with Crippen molar-refractivity contribution in [1.82, 2.24) is 4.90 Å². The molecule has 1 aliphatic rings. The zero-order valence-corrected chi connectivity index (χ0v) is 15.4. The Morgan fingerprint density at radius 3 is 2.72 bits per heavy atom. The van der Waals surface area contributed by atoms with Gasteiger partial charge in [-0.05, 0) is 55.0 Å². The number of hydrogen-bond acceptors (Lipinski definition) is 3. The molecule has 0 radical (unpaired) electrons. The molecule has 132 valence electrons. The molecule has 6 heteroatoms. The molecule has 1 heterocycles. The van der Waals surface area contributed by atoms with Crippen LogP contribution >= 0.6 is 23.2 Å². The van der Waals surface area contributed by atoms with Crippen LogP contribution in [0.25, 0.3) is 0 Å². The summed E-state index contributed by atoms with van der Waals surface area (Å²) in [4.78, 5) is 14.4. The van der Waals surface area contributed by atoms with Crippen LogP contribution in [0.15, 0.2) is 42.5 Å². The second-order valence-electron chi connectivity index (χ2n) is 5.97. The van der Waals surface area contributed by atoms with E-state index >= 15 is 0 Å². The number of carbonyl (C=O) groups excluding carboxylic acids is 1. The SMILES string of the molecule is Cc1cc(OC[C@@H]2CN(C(=O)c3ccc(Cl)cc3)CCO2)ccc1Cl. The Bertz CT molecular complexity index is 749. The van der Waals surface area contributed by atoms with Gasteiger partial charge in [0.1, 0.15) is 18.5 Å². The lowest BCUT2D eigenvalue weighted by Crippen LogP contribution is -2.47.